The molecule has 0 bridgehead atoms. The van der Waals surface area contributed by atoms with Gasteiger partial charge in [-0.1, -0.05) is 32.6 Å². The summed E-state index contributed by atoms with van der Waals surface area (Å²) in [6.45, 7) is 6.02. The quantitative estimate of drug-likeness (QED) is 0.616. The number of nitrogens with zero attached hydrogens (tertiary/aromatic N) is 2. The van der Waals surface area contributed by atoms with Gasteiger partial charge in [-0.25, -0.2) is 0 Å². The molecule has 0 saturated heterocycles. The van der Waals surface area contributed by atoms with E-state index in [0.717, 1.165) is 25.3 Å². The van der Waals surface area contributed by atoms with Crippen LogP contribution in [0.15, 0.2) is 12.4 Å². The summed E-state index contributed by atoms with van der Waals surface area (Å²) in [6.07, 6.45) is 10.1. The molecule has 1 aromatic heterocycles. The Balaban J connectivity index is 2.04. The Morgan fingerprint density at radius 1 is 1.20 bits per heavy atom. The predicted molar refractivity (Wildman–Crippen MR) is 62.2 cm³/mol. The van der Waals surface area contributed by atoms with Gasteiger partial charge in [0.15, 0.2) is 5.75 Å². The maximum Gasteiger partial charge on any atom is 0.157 e. The summed E-state index contributed by atoms with van der Waals surface area (Å²) in [7, 11) is 0. The smallest absolute Gasteiger partial charge is 0.157 e. The molecule has 0 radical (unpaired) electrons. The van der Waals surface area contributed by atoms with Crippen molar-refractivity contribution in [3.8, 4) is 5.75 Å². The van der Waals surface area contributed by atoms with Gasteiger partial charge >= 0.3 is 0 Å². The Kier molecular flexibility index (Phi) is 5.90. The van der Waals surface area contributed by atoms with Crippen LogP contribution in [0.2, 0.25) is 0 Å². The Morgan fingerprint density at radius 3 is 2.67 bits per heavy atom. The zero-order valence-corrected chi connectivity index (χ0v) is 9.91. The topological polar surface area (TPSA) is 27.1 Å². The standard InChI is InChI=1S/C12H22N2O/c1-3-5-6-7-8-9-15-12-10-13-14(4-2)11-12/h10-11H,3-9H2,1-2H3. The second-order valence-corrected chi connectivity index (χ2v) is 3.79. The Labute approximate surface area is 92.4 Å². The minimum Gasteiger partial charge on any atom is -0.490 e. The van der Waals surface area contributed by atoms with Crippen LogP contribution in [0.3, 0.4) is 0 Å². The zero-order valence-electron chi connectivity index (χ0n) is 9.91. The average molecular weight is 210 g/mol. The van der Waals surface area contributed by atoms with Crippen molar-refractivity contribution in [3.63, 3.8) is 0 Å². The molecule has 3 nitrogen and oxygen atoms in total. The molecule has 0 saturated carbocycles. The molecule has 0 aromatic carbocycles. The molecule has 1 rings (SSSR count). The first-order chi connectivity index (χ1) is 7.36. The molecule has 1 heterocycles. The third-order valence-electron chi connectivity index (χ3n) is 2.45. The molecular formula is C12H22N2O. The fourth-order valence-electron chi connectivity index (χ4n) is 1.49. The highest BCUT2D eigenvalue weighted by atomic mass is 16.5. The number of hydrogen-bond acceptors (Lipinski definition) is 2. The molecule has 0 spiro atoms. The number of ether oxygens (including phenoxy) is 1. The van der Waals surface area contributed by atoms with Gasteiger partial charge in [0, 0.05) is 6.54 Å². The van der Waals surface area contributed by atoms with E-state index in [4.69, 9.17) is 4.74 Å². The summed E-state index contributed by atoms with van der Waals surface area (Å²) in [4.78, 5) is 0. The SMILES string of the molecule is CCCCCCCOc1cnn(CC)c1. The Morgan fingerprint density at radius 2 is 2.00 bits per heavy atom. The number of rotatable bonds is 8. The molecule has 0 unspecified atom stereocenters. The van der Waals surface area contributed by atoms with Crippen LogP contribution in [0, 0.1) is 0 Å². The van der Waals surface area contributed by atoms with E-state index in [-0.39, 0.29) is 0 Å². The maximum atomic E-state index is 5.59. The second-order valence-electron chi connectivity index (χ2n) is 3.79. The summed E-state index contributed by atoms with van der Waals surface area (Å²) in [5.74, 6) is 0.896. The van der Waals surface area contributed by atoms with Crippen molar-refractivity contribution < 1.29 is 4.74 Å². The van der Waals surface area contributed by atoms with Crippen molar-refractivity contribution in [2.45, 2.75) is 52.5 Å². The molecule has 15 heavy (non-hydrogen) atoms. The molecule has 0 aliphatic rings. The lowest BCUT2D eigenvalue weighted by Crippen LogP contribution is -1.96. The van der Waals surface area contributed by atoms with Gasteiger partial charge in [0.1, 0.15) is 0 Å². The normalized spacial score (nSPS) is 10.5. The van der Waals surface area contributed by atoms with E-state index in [2.05, 4.69) is 18.9 Å². The molecule has 3 heteroatoms. The zero-order chi connectivity index (χ0) is 10.9. The van der Waals surface area contributed by atoms with Crippen LogP contribution in [-0.4, -0.2) is 16.4 Å². The van der Waals surface area contributed by atoms with Crippen LogP contribution < -0.4 is 4.74 Å². The van der Waals surface area contributed by atoms with Crippen molar-refractivity contribution in [1.29, 1.82) is 0 Å². The third kappa shape index (κ3) is 4.86. The van der Waals surface area contributed by atoms with E-state index in [1.807, 2.05) is 10.9 Å². The van der Waals surface area contributed by atoms with Crippen molar-refractivity contribution in [1.82, 2.24) is 9.78 Å². The highest BCUT2D eigenvalue weighted by Gasteiger charge is 1.97. The molecule has 0 aliphatic heterocycles. The van der Waals surface area contributed by atoms with Crippen LogP contribution in [-0.2, 0) is 6.54 Å². The van der Waals surface area contributed by atoms with E-state index >= 15 is 0 Å². The minimum atomic E-state index is 0.819. The third-order valence-corrected chi connectivity index (χ3v) is 2.45. The van der Waals surface area contributed by atoms with E-state index in [1.54, 1.807) is 6.20 Å². The van der Waals surface area contributed by atoms with Crippen molar-refractivity contribution >= 4 is 0 Å². The first-order valence-corrected chi connectivity index (χ1v) is 6.02. The highest BCUT2D eigenvalue weighted by Crippen LogP contribution is 2.09. The lowest BCUT2D eigenvalue weighted by molar-refractivity contribution is 0.304. The largest absolute Gasteiger partial charge is 0.490 e. The predicted octanol–water partition coefficient (Wildman–Crippen LogP) is 3.25. The molecule has 86 valence electrons. The summed E-state index contributed by atoms with van der Waals surface area (Å²) in [5.41, 5.74) is 0. The van der Waals surface area contributed by atoms with Crippen molar-refractivity contribution in [2.24, 2.45) is 0 Å². The minimum absolute atomic E-state index is 0.819. The molecule has 0 fully saturated rings. The van der Waals surface area contributed by atoms with Gasteiger partial charge < -0.3 is 4.74 Å². The van der Waals surface area contributed by atoms with E-state index in [1.165, 1.54) is 25.7 Å². The maximum absolute atomic E-state index is 5.59. The van der Waals surface area contributed by atoms with Gasteiger partial charge in [-0.05, 0) is 13.3 Å². The summed E-state index contributed by atoms with van der Waals surface area (Å²) < 4.78 is 7.47. The van der Waals surface area contributed by atoms with Crippen molar-refractivity contribution in [3.05, 3.63) is 12.4 Å². The number of unbranched alkanes of at least 4 members (excludes halogenated alkanes) is 4. The summed E-state index contributed by atoms with van der Waals surface area (Å²) in [5, 5.41) is 4.15. The number of aryl methyl sites for hydroxylation is 1. The van der Waals surface area contributed by atoms with E-state index in [0.29, 0.717) is 0 Å². The Bertz CT molecular complexity index is 258. The summed E-state index contributed by atoms with van der Waals surface area (Å²) >= 11 is 0. The lowest BCUT2D eigenvalue weighted by Gasteiger charge is -2.02. The molecule has 0 atom stereocenters. The van der Waals surface area contributed by atoms with E-state index < -0.39 is 0 Å². The van der Waals surface area contributed by atoms with Crippen LogP contribution in [0.5, 0.6) is 5.75 Å². The van der Waals surface area contributed by atoms with Gasteiger partial charge in [-0.3, -0.25) is 4.68 Å². The van der Waals surface area contributed by atoms with Gasteiger partial charge in [-0.2, -0.15) is 5.10 Å². The molecule has 0 amide bonds. The van der Waals surface area contributed by atoms with Gasteiger partial charge in [0.2, 0.25) is 0 Å². The van der Waals surface area contributed by atoms with Crippen molar-refractivity contribution in [2.75, 3.05) is 6.61 Å². The van der Waals surface area contributed by atoms with Gasteiger partial charge in [0.25, 0.3) is 0 Å². The van der Waals surface area contributed by atoms with Gasteiger partial charge in [0.05, 0.1) is 19.0 Å². The molecule has 0 N–H and O–H groups in total. The fraction of sp³-hybridized carbons (Fsp3) is 0.750. The first-order valence-electron chi connectivity index (χ1n) is 6.02. The van der Waals surface area contributed by atoms with Crippen LogP contribution in [0.1, 0.15) is 46.0 Å². The monoisotopic (exact) mass is 210 g/mol. The summed E-state index contributed by atoms with van der Waals surface area (Å²) in [6, 6.07) is 0. The average Bonchev–Trinajstić information content (AvgIpc) is 2.71. The lowest BCUT2D eigenvalue weighted by atomic mass is 10.2. The Hall–Kier alpha value is -0.990. The van der Waals surface area contributed by atoms with E-state index in [9.17, 15) is 0 Å². The highest BCUT2D eigenvalue weighted by molar-refractivity contribution is 5.11. The molecular weight excluding hydrogens is 188 g/mol. The molecule has 1 aromatic rings. The first kappa shape index (κ1) is 12.1. The number of hydrogen-bond donors (Lipinski definition) is 0. The second kappa shape index (κ2) is 7.32. The van der Waals surface area contributed by atoms with Crippen LogP contribution >= 0.6 is 0 Å². The number of aromatic nitrogens is 2. The fourth-order valence-corrected chi connectivity index (χ4v) is 1.49. The molecule has 0 aliphatic carbocycles. The van der Waals surface area contributed by atoms with Crippen LogP contribution in [0.25, 0.3) is 0 Å². The van der Waals surface area contributed by atoms with Crippen LogP contribution in [0.4, 0.5) is 0 Å². The van der Waals surface area contributed by atoms with Gasteiger partial charge in [-0.15, -0.1) is 0 Å².